The number of benzene rings is 1. The second kappa shape index (κ2) is 11.9. The lowest BCUT2D eigenvalue weighted by Crippen LogP contribution is -2.51. The number of hydrogen-bond acceptors (Lipinski definition) is 6. The van der Waals surface area contributed by atoms with Gasteiger partial charge in [0.25, 0.3) is 5.91 Å². The van der Waals surface area contributed by atoms with Crippen molar-refractivity contribution in [2.24, 2.45) is 0 Å². The molecular formula is C23H36N4O5S. The van der Waals surface area contributed by atoms with Gasteiger partial charge >= 0.3 is 0 Å². The maximum Gasteiger partial charge on any atom is 0.253 e. The average Bonchev–Trinajstić information content (AvgIpc) is 2.82. The molecule has 0 radical (unpaired) electrons. The van der Waals surface area contributed by atoms with Crippen LogP contribution in [0.5, 0.6) is 0 Å². The fourth-order valence-electron chi connectivity index (χ4n) is 4.25. The fourth-order valence-corrected chi connectivity index (χ4v) is 6.02. The molecule has 1 aromatic carbocycles. The summed E-state index contributed by atoms with van der Waals surface area (Å²) in [6, 6.07) is 4.95. The van der Waals surface area contributed by atoms with Crippen molar-refractivity contribution in [1.29, 1.82) is 0 Å². The number of carbonyl (C=O) groups excluding carboxylic acids is 2. The third kappa shape index (κ3) is 6.75. The molecule has 1 aromatic rings. The van der Waals surface area contributed by atoms with Crippen molar-refractivity contribution in [3.8, 4) is 0 Å². The molecular weight excluding hydrogens is 444 g/mol. The first-order valence-corrected chi connectivity index (χ1v) is 13.1. The number of amides is 2. The molecule has 1 N–H and O–H groups in total. The Morgan fingerprint density at radius 2 is 1.73 bits per heavy atom. The van der Waals surface area contributed by atoms with Crippen LogP contribution < -0.4 is 5.32 Å². The van der Waals surface area contributed by atoms with Crippen LogP contribution in [0.15, 0.2) is 23.1 Å². The van der Waals surface area contributed by atoms with Gasteiger partial charge in [-0.15, -0.1) is 0 Å². The second-order valence-electron chi connectivity index (χ2n) is 8.71. The maximum absolute atomic E-state index is 13.2. The summed E-state index contributed by atoms with van der Waals surface area (Å²) in [7, 11) is -1.98. The molecule has 10 heteroatoms. The third-order valence-corrected chi connectivity index (χ3v) is 8.28. The van der Waals surface area contributed by atoms with Gasteiger partial charge in [-0.3, -0.25) is 14.5 Å². The van der Waals surface area contributed by atoms with Gasteiger partial charge in [-0.05, 0) is 43.9 Å². The molecule has 0 aromatic heterocycles. The van der Waals surface area contributed by atoms with E-state index in [0.717, 1.165) is 25.7 Å². The van der Waals surface area contributed by atoms with Crippen LogP contribution in [0.2, 0.25) is 0 Å². The molecule has 9 nitrogen and oxygen atoms in total. The lowest BCUT2D eigenvalue weighted by molar-refractivity contribution is -0.122. The molecule has 2 amide bonds. The number of ether oxygens (including phenoxy) is 1. The van der Waals surface area contributed by atoms with Gasteiger partial charge in [0.1, 0.15) is 0 Å². The molecule has 0 unspecified atom stereocenters. The van der Waals surface area contributed by atoms with Crippen molar-refractivity contribution in [3.05, 3.63) is 29.3 Å². The Hall–Kier alpha value is -2.01. The van der Waals surface area contributed by atoms with Crippen LogP contribution >= 0.6 is 0 Å². The predicted molar refractivity (Wildman–Crippen MR) is 126 cm³/mol. The number of methoxy groups -OCH3 is 1. The molecule has 33 heavy (non-hydrogen) atoms. The van der Waals surface area contributed by atoms with E-state index in [1.54, 1.807) is 31.1 Å². The second-order valence-corrected chi connectivity index (χ2v) is 10.6. The summed E-state index contributed by atoms with van der Waals surface area (Å²) < 4.78 is 32.8. The Labute approximate surface area is 197 Å². The number of piperazine rings is 1. The minimum Gasteiger partial charge on any atom is -0.385 e. The van der Waals surface area contributed by atoms with Crippen molar-refractivity contribution >= 4 is 21.8 Å². The number of aryl methyl sites for hydroxylation is 1. The van der Waals surface area contributed by atoms with E-state index in [-0.39, 0.29) is 16.7 Å². The van der Waals surface area contributed by atoms with Crippen molar-refractivity contribution in [3.63, 3.8) is 0 Å². The van der Waals surface area contributed by atoms with Gasteiger partial charge < -0.3 is 15.0 Å². The average molecular weight is 481 g/mol. The van der Waals surface area contributed by atoms with Gasteiger partial charge in [-0.25, -0.2) is 8.42 Å². The Bertz CT molecular complexity index is 923. The molecule has 0 atom stereocenters. The quantitative estimate of drug-likeness (QED) is 0.531. The highest BCUT2D eigenvalue weighted by molar-refractivity contribution is 7.89. The molecule has 2 aliphatic heterocycles. The molecule has 0 bridgehead atoms. The smallest absolute Gasteiger partial charge is 0.253 e. The van der Waals surface area contributed by atoms with Crippen LogP contribution in [0.1, 0.15) is 41.6 Å². The van der Waals surface area contributed by atoms with E-state index in [2.05, 4.69) is 5.32 Å². The summed E-state index contributed by atoms with van der Waals surface area (Å²) in [5.41, 5.74) is 1.04. The third-order valence-electron chi connectivity index (χ3n) is 6.24. The predicted octanol–water partition coefficient (Wildman–Crippen LogP) is 1.08. The van der Waals surface area contributed by atoms with Gasteiger partial charge in [-0.1, -0.05) is 12.5 Å². The van der Waals surface area contributed by atoms with Crippen molar-refractivity contribution in [2.75, 3.05) is 66.1 Å². The Balaban J connectivity index is 1.58. The van der Waals surface area contributed by atoms with E-state index in [1.807, 2.05) is 4.90 Å². The number of rotatable bonds is 9. The summed E-state index contributed by atoms with van der Waals surface area (Å²) in [5, 5.41) is 2.88. The minimum absolute atomic E-state index is 0.0306. The summed E-state index contributed by atoms with van der Waals surface area (Å²) in [6.07, 6.45) is 3.56. The highest BCUT2D eigenvalue weighted by Gasteiger charge is 2.29. The zero-order valence-electron chi connectivity index (χ0n) is 19.7. The van der Waals surface area contributed by atoms with Crippen LogP contribution in [0.4, 0.5) is 0 Å². The number of nitrogens with one attached hydrogen (secondary N) is 1. The van der Waals surface area contributed by atoms with E-state index in [1.165, 1.54) is 10.4 Å². The fraction of sp³-hybridized carbons (Fsp3) is 0.652. The number of nitrogens with zero attached hydrogens (tertiary/aromatic N) is 3. The number of piperidine rings is 1. The normalized spacial score (nSPS) is 18.3. The largest absolute Gasteiger partial charge is 0.385 e. The van der Waals surface area contributed by atoms with Crippen molar-refractivity contribution in [1.82, 2.24) is 19.4 Å². The molecule has 2 saturated heterocycles. The van der Waals surface area contributed by atoms with Crippen molar-refractivity contribution < 1.29 is 22.7 Å². The lowest BCUT2D eigenvalue weighted by atomic mass is 10.1. The molecule has 3 rings (SSSR count). The van der Waals surface area contributed by atoms with Crippen molar-refractivity contribution in [2.45, 2.75) is 37.5 Å². The van der Waals surface area contributed by atoms with Crippen LogP contribution in [0, 0.1) is 6.92 Å². The van der Waals surface area contributed by atoms with Crippen LogP contribution in [-0.2, 0) is 19.6 Å². The zero-order valence-corrected chi connectivity index (χ0v) is 20.5. The van der Waals surface area contributed by atoms with E-state index in [9.17, 15) is 18.0 Å². The first-order chi connectivity index (χ1) is 15.8. The summed E-state index contributed by atoms with van der Waals surface area (Å²) in [5.74, 6) is -0.203. The SMILES string of the molecule is COCCCNC(=O)CN1CCN(C(=O)c2ccc(C)c(S(=O)(=O)N3CCCCC3)c2)CC1. The van der Waals surface area contributed by atoms with E-state index in [4.69, 9.17) is 4.74 Å². The standard InChI is InChI=1S/C23H36N4O5S/c1-19-7-8-20(17-21(19)33(30,31)27-10-4-3-5-11-27)23(29)26-14-12-25(13-15-26)18-22(28)24-9-6-16-32-2/h7-8,17H,3-6,9-16,18H2,1-2H3,(H,24,28). The molecule has 184 valence electrons. The zero-order chi connectivity index (χ0) is 23.8. The summed E-state index contributed by atoms with van der Waals surface area (Å²) in [4.78, 5) is 29.2. The van der Waals surface area contributed by atoms with Crippen LogP contribution in [0.25, 0.3) is 0 Å². The van der Waals surface area contributed by atoms with Gasteiger partial charge in [0.05, 0.1) is 11.4 Å². The number of hydrogen-bond donors (Lipinski definition) is 1. The summed E-state index contributed by atoms with van der Waals surface area (Å²) in [6.45, 7) is 6.52. The first-order valence-electron chi connectivity index (χ1n) is 11.7. The minimum atomic E-state index is -3.61. The molecule has 0 aliphatic carbocycles. The van der Waals surface area contributed by atoms with Gasteiger partial charge in [0, 0.05) is 65.1 Å². The number of sulfonamides is 1. The Morgan fingerprint density at radius 1 is 1.03 bits per heavy atom. The Morgan fingerprint density at radius 3 is 2.39 bits per heavy atom. The van der Waals surface area contributed by atoms with E-state index in [0.29, 0.717) is 70.1 Å². The molecule has 0 saturated carbocycles. The topological polar surface area (TPSA) is 99.3 Å². The Kier molecular flexibility index (Phi) is 9.25. The highest BCUT2D eigenvalue weighted by Crippen LogP contribution is 2.25. The highest BCUT2D eigenvalue weighted by atomic mass is 32.2. The lowest BCUT2D eigenvalue weighted by Gasteiger charge is -2.34. The van der Waals surface area contributed by atoms with Gasteiger partial charge in [0.2, 0.25) is 15.9 Å². The molecule has 2 fully saturated rings. The summed E-state index contributed by atoms with van der Waals surface area (Å²) >= 11 is 0. The van der Waals surface area contributed by atoms with Crippen LogP contribution in [-0.4, -0.2) is 100 Å². The monoisotopic (exact) mass is 480 g/mol. The molecule has 0 spiro atoms. The van der Waals surface area contributed by atoms with Crippen LogP contribution in [0.3, 0.4) is 0 Å². The molecule has 2 aliphatic rings. The van der Waals surface area contributed by atoms with Gasteiger partial charge in [0.15, 0.2) is 0 Å². The van der Waals surface area contributed by atoms with E-state index >= 15 is 0 Å². The number of carbonyl (C=O) groups is 2. The van der Waals surface area contributed by atoms with E-state index < -0.39 is 10.0 Å². The van der Waals surface area contributed by atoms with Gasteiger partial charge in [-0.2, -0.15) is 4.31 Å². The first kappa shape index (κ1) is 25.6. The maximum atomic E-state index is 13.2. The molecule has 2 heterocycles.